The number of fused-ring (bicyclic) bond motifs is 1. The van der Waals surface area contributed by atoms with E-state index in [4.69, 9.17) is 26.1 Å². The summed E-state index contributed by atoms with van der Waals surface area (Å²) in [6.07, 6.45) is 5.58. The van der Waals surface area contributed by atoms with Gasteiger partial charge in [-0.3, -0.25) is 14.7 Å². The lowest BCUT2D eigenvalue weighted by molar-refractivity contribution is -0.208. The Morgan fingerprint density at radius 2 is 1.77 bits per heavy atom. The summed E-state index contributed by atoms with van der Waals surface area (Å²) in [6.45, 7) is 17.9. The molecule has 3 heterocycles. The normalized spacial score (nSPS) is 31.0. The Kier molecular flexibility index (Phi) is 8.64. The van der Waals surface area contributed by atoms with Gasteiger partial charge in [0.15, 0.2) is 0 Å². The lowest BCUT2D eigenvalue weighted by Gasteiger charge is -2.65. The van der Waals surface area contributed by atoms with Crippen molar-refractivity contribution in [3.63, 3.8) is 0 Å². The van der Waals surface area contributed by atoms with Crippen molar-refractivity contribution in [2.24, 2.45) is 27.7 Å². The minimum absolute atomic E-state index is 0.0250. The van der Waals surface area contributed by atoms with E-state index < -0.39 is 5.60 Å². The molecule has 10 heteroatoms. The SMILES string of the molecule is CC(C)(C)OC(=O)N1CCN(C2CC(C#CC3=NC4CN(C5C(C)(C)C(Oc6ccc(C#N)c(Cl)c6)C5(C)C)C(=O)C4C=C3)C2)CC1. The standard InChI is InChI=1S/C37H46ClN5O4/c1-35(2,3)47-34(45)42-16-14-41(15-17-42)26-18-23(19-26)8-10-25-11-13-28-30(40-25)22-43(31(28)44)32-36(4,5)33(37(32,6)7)46-27-12-9-24(21-39)29(38)20-27/h9,11-13,20,23,26,28,30,32-33H,14-19,22H2,1-7H3. The van der Waals surface area contributed by atoms with Crippen LogP contribution < -0.4 is 4.74 Å². The van der Waals surface area contributed by atoms with Crippen molar-refractivity contribution in [2.45, 2.75) is 91.1 Å². The average Bonchev–Trinajstić information content (AvgIpc) is 3.28. The maximum atomic E-state index is 13.7. The van der Waals surface area contributed by atoms with Crippen molar-refractivity contribution in [1.82, 2.24) is 14.7 Å². The number of hydrogen-bond donors (Lipinski definition) is 0. The molecule has 0 N–H and O–H groups in total. The van der Waals surface area contributed by atoms with Gasteiger partial charge in [0.1, 0.15) is 29.2 Å². The minimum atomic E-state index is -0.478. The highest BCUT2D eigenvalue weighted by molar-refractivity contribution is 6.31. The number of carbonyl (C=O) groups is 2. The molecule has 3 aliphatic heterocycles. The number of allylic oxidation sites excluding steroid dienone is 1. The third-order valence-corrected chi connectivity index (χ3v) is 10.8. The van der Waals surface area contributed by atoms with E-state index in [0.29, 0.717) is 47.9 Å². The zero-order chi connectivity index (χ0) is 33.9. The maximum absolute atomic E-state index is 13.7. The quantitative estimate of drug-likeness (QED) is 0.392. The van der Waals surface area contributed by atoms with E-state index in [0.717, 1.165) is 31.6 Å². The van der Waals surface area contributed by atoms with Crippen LogP contribution in [-0.4, -0.2) is 95.0 Å². The molecule has 9 nitrogen and oxygen atoms in total. The molecule has 2 unspecified atom stereocenters. The van der Waals surface area contributed by atoms with E-state index in [9.17, 15) is 14.9 Å². The Morgan fingerprint density at radius 1 is 1.09 bits per heavy atom. The molecule has 2 aliphatic carbocycles. The first kappa shape index (κ1) is 33.4. The van der Waals surface area contributed by atoms with Crippen LogP contribution in [0.5, 0.6) is 5.75 Å². The molecule has 47 heavy (non-hydrogen) atoms. The predicted octanol–water partition coefficient (Wildman–Crippen LogP) is 5.57. The summed E-state index contributed by atoms with van der Waals surface area (Å²) in [5.41, 5.74) is 0.0591. The van der Waals surface area contributed by atoms with Crippen LogP contribution in [0.25, 0.3) is 0 Å². The van der Waals surface area contributed by atoms with E-state index in [1.54, 1.807) is 23.1 Å². The number of ether oxygens (including phenoxy) is 2. The molecule has 250 valence electrons. The number of carbonyl (C=O) groups excluding carboxylic acids is 2. The van der Waals surface area contributed by atoms with Gasteiger partial charge < -0.3 is 19.3 Å². The van der Waals surface area contributed by atoms with Crippen molar-refractivity contribution in [1.29, 1.82) is 5.26 Å². The molecule has 1 aromatic carbocycles. The minimum Gasteiger partial charge on any atom is -0.489 e. The molecule has 6 rings (SSSR count). The number of nitrogens with zero attached hydrogens (tertiary/aromatic N) is 5. The van der Waals surface area contributed by atoms with Crippen molar-refractivity contribution < 1.29 is 19.1 Å². The molecule has 1 aromatic rings. The molecule has 0 spiro atoms. The lowest BCUT2D eigenvalue weighted by Crippen LogP contribution is -2.75. The third-order valence-electron chi connectivity index (χ3n) is 10.5. The van der Waals surface area contributed by atoms with E-state index >= 15 is 0 Å². The van der Waals surface area contributed by atoms with Crippen molar-refractivity contribution >= 4 is 29.3 Å². The van der Waals surface area contributed by atoms with Crippen LogP contribution in [0.1, 0.15) is 66.9 Å². The van der Waals surface area contributed by atoms with Crippen LogP contribution >= 0.6 is 11.6 Å². The van der Waals surface area contributed by atoms with Crippen molar-refractivity contribution in [2.75, 3.05) is 32.7 Å². The van der Waals surface area contributed by atoms with E-state index in [-0.39, 0.29) is 46.9 Å². The van der Waals surface area contributed by atoms with E-state index in [2.05, 4.69) is 50.5 Å². The number of nitriles is 1. The molecule has 2 saturated carbocycles. The fourth-order valence-electron chi connectivity index (χ4n) is 8.60. The van der Waals surface area contributed by atoms with E-state index in [1.807, 2.05) is 37.8 Å². The molecule has 2 amide bonds. The van der Waals surface area contributed by atoms with Crippen molar-refractivity contribution in [3.05, 3.63) is 40.9 Å². The van der Waals surface area contributed by atoms with Crippen LogP contribution in [0, 0.1) is 45.8 Å². The Hall–Kier alpha value is -3.53. The maximum Gasteiger partial charge on any atom is 0.410 e. The highest BCUT2D eigenvalue weighted by Gasteiger charge is 2.67. The Morgan fingerprint density at radius 3 is 2.38 bits per heavy atom. The van der Waals surface area contributed by atoms with Gasteiger partial charge in [0, 0.05) is 67.6 Å². The van der Waals surface area contributed by atoms with Crippen LogP contribution in [0.3, 0.4) is 0 Å². The fraction of sp³-hybridized carbons (Fsp3) is 0.622. The number of likely N-dealkylation sites (tertiary alicyclic amines) is 1. The lowest BCUT2D eigenvalue weighted by atomic mass is 9.49. The highest BCUT2D eigenvalue weighted by Crippen LogP contribution is 2.59. The second-order valence-electron chi connectivity index (χ2n) is 15.8. The molecule has 5 aliphatic rings. The zero-order valence-electron chi connectivity index (χ0n) is 28.5. The first-order valence-electron chi connectivity index (χ1n) is 16.7. The van der Waals surface area contributed by atoms with Gasteiger partial charge in [-0.25, -0.2) is 4.79 Å². The van der Waals surface area contributed by atoms with Crippen LogP contribution in [-0.2, 0) is 9.53 Å². The van der Waals surface area contributed by atoms with Gasteiger partial charge in [-0.1, -0.05) is 51.3 Å². The highest BCUT2D eigenvalue weighted by atomic mass is 35.5. The van der Waals surface area contributed by atoms with Crippen LogP contribution in [0.15, 0.2) is 35.3 Å². The summed E-state index contributed by atoms with van der Waals surface area (Å²) >= 11 is 6.27. The largest absolute Gasteiger partial charge is 0.489 e. The summed E-state index contributed by atoms with van der Waals surface area (Å²) < 4.78 is 12.0. The van der Waals surface area contributed by atoms with E-state index in [1.165, 1.54) is 0 Å². The van der Waals surface area contributed by atoms with Gasteiger partial charge in [0.25, 0.3) is 0 Å². The number of halogens is 1. The Bertz CT molecular complexity index is 1580. The molecular formula is C37H46ClN5O4. The average molecular weight is 660 g/mol. The van der Waals surface area contributed by atoms with Crippen LogP contribution in [0.4, 0.5) is 4.79 Å². The number of hydrogen-bond acceptors (Lipinski definition) is 7. The molecule has 0 bridgehead atoms. The first-order valence-corrected chi connectivity index (χ1v) is 17.1. The summed E-state index contributed by atoms with van der Waals surface area (Å²) in [7, 11) is 0. The summed E-state index contributed by atoms with van der Waals surface area (Å²) in [5.74, 6) is 7.55. The molecule has 0 radical (unpaired) electrons. The predicted molar refractivity (Wildman–Crippen MR) is 181 cm³/mol. The van der Waals surface area contributed by atoms with Gasteiger partial charge >= 0.3 is 6.09 Å². The number of benzene rings is 1. The Labute approximate surface area is 283 Å². The van der Waals surface area contributed by atoms with Crippen molar-refractivity contribution in [3.8, 4) is 23.7 Å². The number of dihydropyridines is 1. The topological polar surface area (TPSA) is 98.5 Å². The summed E-state index contributed by atoms with van der Waals surface area (Å²) in [4.78, 5) is 37.3. The first-order chi connectivity index (χ1) is 22.1. The summed E-state index contributed by atoms with van der Waals surface area (Å²) in [6, 6.07) is 7.56. The van der Waals surface area contributed by atoms with Gasteiger partial charge in [-0.05, 0) is 57.7 Å². The summed E-state index contributed by atoms with van der Waals surface area (Å²) in [5, 5.41) is 9.58. The second kappa shape index (κ2) is 12.2. The number of piperazine rings is 1. The number of rotatable bonds is 4. The third kappa shape index (κ3) is 6.37. The molecular weight excluding hydrogens is 614 g/mol. The van der Waals surface area contributed by atoms with Gasteiger partial charge in [-0.2, -0.15) is 5.26 Å². The van der Waals surface area contributed by atoms with Gasteiger partial charge in [-0.15, -0.1) is 0 Å². The fourth-order valence-corrected chi connectivity index (χ4v) is 8.82. The second-order valence-corrected chi connectivity index (χ2v) is 16.3. The number of aliphatic imine (C=N–C) groups is 1. The number of amides is 2. The molecule has 4 fully saturated rings. The monoisotopic (exact) mass is 659 g/mol. The van der Waals surface area contributed by atoms with Crippen LogP contribution in [0.2, 0.25) is 5.02 Å². The van der Waals surface area contributed by atoms with Gasteiger partial charge in [0.2, 0.25) is 5.91 Å². The van der Waals surface area contributed by atoms with Gasteiger partial charge in [0.05, 0.1) is 22.5 Å². The molecule has 2 atom stereocenters. The smallest absolute Gasteiger partial charge is 0.410 e. The molecule has 0 aromatic heterocycles. The zero-order valence-corrected chi connectivity index (χ0v) is 29.3. The Balaban J connectivity index is 1.02. The molecule has 2 saturated heterocycles.